The fourth-order valence-electron chi connectivity index (χ4n) is 0.657. The standard InChI is InChI=1S/C6H6AsBrO3/c8-6-3-1-2-5(4-6)7(9,10)11/h1-4H,(H2,9,10,11). The molecule has 1 aromatic carbocycles. The molecule has 3 nitrogen and oxygen atoms in total. The zero-order valence-electron chi connectivity index (χ0n) is 5.44. The zero-order chi connectivity index (χ0) is 8.48. The van der Waals surface area contributed by atoms with Crippen molar-refractivity contribution in [2.75, 3.05) is 0 Å². The van der Waals surface area contributed by atoms with Crippen LogP contribution < -0.4 is 4.35 Å². The monoisotopic (exact) mass is 280 g/mol. The van der Waals surface area contributed by atoms with Crippen LogP contribution in [0.1, 0.15) is 0 Å². The second kappa shape index (κ2) is 3.15. The molecule has 0 fully saturated rings. The number of hydrogen-bond donors (Lipinski definition) is 2. The molecule has 1 rings (SSSR count). The van der Waals surface area contributed by atoms with Crippen LogP contribution in [0.3, 0.4) is 0 Å². The topological polar surface area (TPSA) is 57.5 Å². The van der Waals surface area contributed by atoms with Crippen LogP contribution in [0.5, 0.6) is 0 Å². The van der Waals surface area contributed by atoms with Gasteiger partial charge in [-0.15, -0.1) is 0 Å². The molecule has 0 unspecified atom stereocenters. The molecule has 60 valence electrons. The molecule has 1 aromatic rings. The van der Waals surface area contributed by atoms with Crippen molar-refractivity contribution in [1.29, 1.82) is 0 Å². The summed E-state index contributed by atoms with van der Waals surface area (Å²) in [7, 11) is 0. The van der Waals surface area contributed by atoms with E-state index in [1.165, 1.54) is 12.1 Å². The van der Waals surface area contributed by atoms with E-state index in [9.17, 15) is 3.74 Å². The van der Waals surface area contributed by atoms with Crippen molar-refractivity contribution in [1.82, 2.24) is 0 Å². The van der Waals surface area contributed by atoms with Crippen molar-refractivity contribution >= 4 is 34.5 Å². The molecule has 0 radical (unpaired) electrons. The molecule has 0 aromatic heterocycles. The molecule has 0 aliphatic carbocycles. The van der Waals surface area contributed by atoms with Gasteiger partial charge in [0.2, 0.25) is 0 Å². The maximum atomic E-state index is 10.7. The van der Waals surface area contributed by atoms with Crippen LogP contribution in [0.15, 0.2) is 28.7 Å². The molecule has 0 spiro atoms. The van der Waals surface area contributed by atoms with Crippen molar-refractivity contribution < 1.29 is 11.9 Å². The van der Waals surface area contributed by atoms with Gasteiger partial charge in [0.25, 0.3) is 0 Å². The summed E-state index contributed by atoms with van der Waals surface area (Å²) in [5, 5.41) is 0. The average molecular weight is 281 g/mol. The summed E-state index contributed by atoms with van der Waals surface area (Å²) in [5.41, 5.74) is 0. The van der Waals surface area contributed by atoms with Gasteiger partial charge in [-0.3, -0.25) is 0 Å². The van der Waals surface area contributed by atoms with E-state index in [1.807, 2.05) is 0 Å². The third-order valence-electron chi connectivity index (χ3n) is 1.14. The maximum absolute atomic E-state index is 10.7. The van der Waals surface area contributed by atoms with Gasteiger partial charge in [-0.25, -0.2) is 0 Å². The Bertz CT molecular complexity index is 306. The quantitative estimate of drug-likeness (QED) is 0.713. The van der Waals surface area contributed by atoms with Gasteiger partial charge in [0.05, 0.1) is 0 Å². The van der Waals surface area contributed by atoms with Gasteiger partial charge in [-0.2, -0.15) is 0 Å². The van der Waals surface area contributed by atoms with Crippen molar-refractivity contribution in [3.05, 3.63) is 28.7 Å². The Labute approximate surface area is 75.2 Å². The fraction of sp³-hybridized carbons (Fsp3) is 0. The summed E-state index contributed by atoms with van der Waals surface area (Å²) >= 11 is -1.54. The molecule has 11 heavy (non-hydrogen) atoms. The zero-order valence-corrected chi connectivity index (χ0v) is 8.90. The van der Waals surface area contributed by atoms with Gasteiger partial charge in [0.1, 0.15) is 0 Å². The number of halogens is 1. The van der Waals surface area contributed by atoms with E-state index in [2.05, 4.69) is 15.9 Å². The minimum atomic E-state index is -4.66. The van der Waals surface area contributed by atoms with Crippen LogP contribution >= 0.6 is 15.9 Å². The third kappa shape index (κ3) is 2.49. The van der Waals surface area contributed by atoms with Crippen LogP contribution in [0, 0.1) is 0 Å². The molecule has 0 aliphatic rings. The van der Waals surface area contributed by atoms with Crippen molar-refractivity contribution in [2.24, 2.45) is 0 Å². The Morgan fingerprint density at radius 1 is 1.36 bits per heavy atom. The molecular formula is C6H6AsBrO3. The van der Waals surface area contributed by atoms with E-state index in [4.69, 9.17) is 8.19 Å². The van der Waals surface area contributed by atoms with Crippen LogP contribution in [0.25, 0.3) is 0 Å². The third-order valence-corrected chi connectivity index (χ3v) is 3.63. The normalized spacial score (nSPS) is 11.5. The molecule has 0 heterocycles. The van der Waals surface area contributed by atoms with Crippen LogP contribution in [-0.4, -0.2) is 22.4 Å². The first-order valence-electron chi connectivity index (χ1n) is 2.82. The number of hydrogen-bond acceptors (Lipinski definition) is 1. The van der Waals surface area contributed by atoms with Gasteiger partial charge in [-0.1, -0.05) is 0 Å². The van der Waals surface area contributed by atoms with Gasteiger partial charge in [0, 0.05) is 0 Å². The van der Waals surface area contributed by atoms with Crippen molar-refractivity contribution in [2.45, 2.75) is 0 Å². The molecule has 0 aliphatic heterocycles. The summed E-state index contributed by atoms with van der Waals surface area (Å²) < 4.78 is 29.0. The molecule has 0 saturated carbocycles. The Hall–Kier alpha value is -0.0216. The van der Waals surface area contributed by atoms with Gasteiger partial charge >= 0.3 is 75.1 Å². The molecule has 5 heteroatoms. The Morgan fingerprint density at radius 2 is 2.00 bits per heavy atom. The molecule has 0 bridgehead atoms. The Balaban J connectivity index is 3.17. The van der Waals surface area contributed by atoms with Gasteiger partial charge in [-0.05, 0) is 0 Å². The van der Waals surface area contributed by atoms with E-state index < -0.39 is 14.2 Å². The first kappa shape index (κ1) is 9.07. The molecular weight excluding hydrogens is 275 g/mol. The summed E-state index contributed by atoms with van der Waals surface area (Å²) in [5.74, 6) is 0. The van der Waals surface area contributed by atoms with Crippen molar-refractivity contribution in [3.63, 3.8) is 0 Å². The minimum absolute atomic E-state index is 0.0949. The molecule has 0 saturated heterocycles. The van der Waals surface area contributed by atoms with E-state index in [0.717, 1.165) is 0 Å². The predicted molar refractivity (Wildman–Crippen MR) is 44.7 cm³/mol. The Morgan fingerprint density at radius 3 is 2.36 bits per heavy atom. The number of benzene rings is 1. The fourth-order valence-corrected chi connectivity index (χ4v) is 2.67. The van der Waals surface area contributed by atoms with Crippen LogP contribution in [0.4, 0.5) is 0 Å². The van der Waals surface area contributed by atoms with E-state index >= 15 is 0 Å². The number of rotatable bonds is 1. The van der Waals surface area contributed by atoms with Crippen molar-refractivity contribution in [3.8, 4) is 0 Å². The second-order valence-electron chi connectivity index (χ2n) is 2.02. The van der Waals surface area contributed by atoms with Crippen LogP contribution in [-0.2, 0) is 3.74 Å². The van der Waals surface area contributed by atoms with Gasteiger partial charge < -0.3 is 0 Å². The van der Waals surface area contributed by atoms with E-state index in [0.29, 0.717) is 4.47 Å². The average Bonchev–Trinajstić information content (AvgIpc) is 1.86. The van der Waals surface area contributed by atoms with E-state index in [1.54, 1.807) is 12.1 Å². The summed E-state index contributed by atoms with van der Waals surface area (Å²) in [6, 6.07) is 6.17. The second-order valence-corrected chi connectivity index (χ2v) is 6.31. The Kier molecular flexibility index (Phi) is 2.60. The summed E-state index contributed by atoms with van der Waals surface area (Å²) in [4.78, 5) is 0. The summed E-state index contributed by atoms with van der Waals surface area (Å²) in [6.07, 6.45) is 0. The van der Waals surface area contributed by atoms with E-state index in [-0.39, 0.29) is 4.35 Å². The SMILES string of the molecule is O=[As](O)(O)c1cccc(Br)c1. The predicted octanol–water partition coefficient (Wildman–Crippen LogP) is 0.0101. The first-order chi connectivity index (χ1) is 5.00. The first-order valence-corrected chi connectivity index (χ1v) is 6.99. The molecule has 0 amide bonds. The molecule has 2 N–H and O–H groups in total. The van der Waals surface area contributed by atoms with Gasteiger partial charge in [0.15, 0.2) is 0 Å². The molecule has 0 atom stereocenters. The summed E-state index contributed by atoms with van der Waals surface area (Å²) in [6.45, 7) is 0. The van der Waals surface area contributed by atoms with Crippen LogP contribution in [0.2, 0.25) is 0 Å².